The fourth-order valence-corrected chi connectivity index (χ4v) is 3.81. The molecular weight excluding hydrogens is 276 g/mol. The molecule has 3 N–H and O–H groups in total. The number of nitrogens with zero attached hydrogens (tertiary/aromatic N) is 1. The molecule has 0 amide bonds. The van der Waals surface area contributed by atoms with Gasteiger partial charge >= 0.3 is 0 Å². The van der Waals surface area contributed by atoms with Gasteiger partial charge in [0.1, 0.15) is 5.75 Å². The number of aromatic nitrogens is 1. The number of ether oxygens (including phenoxy) is 1. The summed E-state index contributed by atoms with van der Waals surface area (Å²) in [6, 6.07) is 3.28. The second-order valence-electron chi connectivity index (χ2n) is 7.82. The summed E-state index contributed by atoms with van der Waals surface area (Å²) in [7, 11) is 0. The van der Waals surface area contributed by atoms with E-state index in [2.05, 4.69) is 4.98 Å². The van der Waals surface area contributed by atoms with E-state index in [1.54, 1.807) is 20.0 Å². The average molecular weight is 304 g/mol. The highest BCUT2D eigenvalue weighted by molar-refractivity contribution is 5.22. The van der Waals surface area contributed by atoms with Crippen molar-refractivity contribution in [3.8, 4) is 5.75 Å². The third-order valence-electron chi connectivity index (χ3n) is 5.63. The largest absolute Gasteiger partial charge is 0.491 e. The van der Waals surface area contributed by atoms with Gasteiger partial charge in [0.05, 0.1) is 30.1 Å². The highest BCUT2D eigenvalue weighted by Crippen LogP contribution is 2.50. The summed E-state index contributed by atoms with van der Waals surface area (Å²) < 4.78 is 6.02. The highest BCUT2D eigenvalue weighted by Gasteiger charge is 2.40. The summed E-state index contributed by atoms with van der Waals surface area (Å²) in [5, 5.41) is 9.96. The maximum Gasteiger partial charge on any atom is 0.137 e. The molecule has 0 radical (unpaired) electrons. The molecule has 4 heteroatoms. The second-order valence-corrected chi connectivity index (χ2v) is 7.82. The molecule has 1 atom stereocenters. The Morgan fingerprint density at radius 1 is 1.32 bits per heavy atom. The maximum absolute atomic E-state index is 9.96. The first kappa shape index (κ1) is 15.8. The molecule has 3 fully saturated rings. The molecule has 0 spiro atoms. The Morgan fingerprint density at radius 3 is 2.45 bits per heavy atom. The van der Waals surface area contributed by atoms with Crippen LogP contribution >= 0.6 is 0 Å². The van der Waals surface area contributed by atoms with Crippen LogP contribution in [0.4, 0.5) is 0 Å². The molecule has 22 heavy (non-hydrogen) atoms. The molecule has 0 saturated heterocycles. The van der Waals surface area contributed by atoms with E-state index >= 15 is 0 Å². The lowest BCUT2D eigenvalue weighted by Gasteiger charge is -2.46. The van der Waals surface area contributed by atoms with Gasteiger partial charge in [-0.3, -0.25) is 4.98 Å². The minimum Gasteiger partial charge on any atom is -0.491 e. The predicted octanol–water partition coefficient (Wildman–Crippen LogP) is 3.20. The summed E-state index contributed by atoms with van der Waals surface area (Å²) in [6.45, 7) is 4.20. The number of pyridine rings is 1. The van der Waals surface area contributed by atoms with E-state index in [0.717, 1.165) is 18.3 Å². The van der Waals surface area contributed by atoms with Crippen LogP contribution < -0.4 is 10.5 Å². The van der Waals surface area contributed by atoms with Crippen LogP contribution in [0.2, 0.25) is 0 Å². The van der Waals surface area contributed by atoms with Crippen molar-refractivity contribution in [3.63, 3.8) is 0 Å². The molecular formula is C18H28N2O2. The quantitative estimate of drug-likeness (QED) is 0.876. The zero-order chi connectivity index (χ0) is 15.8. The van der Waals surface area contributed by atoms with Crippen LogP contribution in [0, 0.1) is 11.3 Å². The van der Waals surface area contributed by atoms with E-state index in [9.17, 15) is 5.11 Å². The topological polar surface area (TPSA) is 68.4 Å². The SMILES string of the molecule is CC(C)(O)C(N)c1ccc(OCC23CCC(CC2)CC3)cn1. The second kappa shape index (κ2) is 5.82. The highest BCUT2D eigenvalue weighted by atomic mass is 16.5. The van der Waals surface area contributed by atoms with Gasteiger partial charge in [0, 0.05) is 5.41 Å². The zero-order valence-electron chi connectivity index (χ0n) is 13.7. The molecule has 4 rings (SSSR count). The normalized spacial score (nSPS) is 29.4. The Hall–Kier alpha value is -1.13. The van der Waals surface area contributed by atoms with Crippen molar-refractivity contribution in [2.75, 3.05) is 6.61 Å². The first-order chi connectivity index (χ1) is 10.4. The fraction of sp³-hybridized carbons (Fsp3) is 0.722. The van der Waals surface area contributed by atoms with Crippen molar-refractivity contribution >= 4 is 0 Å². The molecule has 3 saturated carbocycles. The van der Waals surface area contributed by atoms with Crippen molar-refractivity contribution in [2.24, 2.45) is 17.1 Å². The Kier molecular flexibility index (Phi) is 4.17. The van der Waals surface area contributed by atoms with Gasteiger partial charge in [0.2, 0.25) is 0 Å². The van der Waals surface area contributed by atoms with Crippen LogP contribution in [0.5, 0.6) is 5.75 Å². The van der Waals surface area contributed by atoms with Gasteiger partial charge in [-0.1, -0.05) is 0 Å². The lowest BCUT2D eigenvalue weighted by atomic mass is 9.61. The number of aliphatic hydroxyl groups is 1. The molecule has 1 unspecified atom stereocenters. The van der Waals surface area contributed by atoms with E-state index < -0.39 is 11.6 Å². The molecule has 0 aliphatic heterocycles. The molecule has 4 nitrogen and oxygen atoms in total. The van der Waals surface area contributed by atoms with Crippen molar-refractivity contribution in [3.05, 3.63) is 24.0 Å². The van der Waals surface area contributed by atoms with Gasteiger partial charge < -0.3 is 15.6 Å². The summed E-state index contributed by atoms with van der Waals surface area (Å²) in [4.78, 5) is 4.36. The molecule has 1 heterocycles. The Morgan fingerprint density at radius 2 is 1.95 bits per heavy atom. The van der Waals surface area contributed by atoms with Crippen LogP contribution in [0.25, 0.3) is 0 Å². The summed E-state index contributed by atoms with van der Waals surface area (Å²) in [5.74, 6) is 1.78. The first-order valence-corrected chi connectivity index (χ1v) is 8.45. The van der Waals surface area contributed by atoms with Gasteiger partial charge in [0.25, 0.3) is 0 Å². The van der Waals surface area contributed by atoms with Crippen molar-refractivity contribution in [1.29, 1.82) is 0 Å². The third kappa shape index (κ3) is 3.28. The average Bonchev–Trinajstić information content (AvgIpc) is 2.54. The van der Waals surface area contributed by atoms with Crippen molar-refractivity contribution < 1.29 is 9.84 Å². The molecule has 3 aliphatic carbocycles. The smallest absolute Gasteiger partial charge is 0.137 e. The first-order valence-electron chi connectivity index (χ1n) is 8.45. The summed E-state index contributed by atoms with van der Waals surface area (Å²) >= 11 is 0. The molecule has 122 valence electrons. The van der Waals surface area contributed by atoms with Crippen LogP contribution in [0.3, 0.4) is 0 Å². The fourth-order valence-electron chi connectivity index (χ4n) is 3.81. The van der Waals surface area contributed by atoms with Crippen LogP contribution in [-0.2, 0) is 0 Å². The van der Waals surface area contributed by atoms with E-state index in [4.69, 9.17) is 10.5 Å². The summed E-state index contributed by atoms with van der Waals surface area (Å²) in [5.41, 5.74) is 6.12. The molecule has 1 aromatic heterocycles. The maximum atomic E-state index is 9.96. The standard InChI is InChI=1S/C18H28N2O2/c1-17(2,21)16(19)15-4-3-14(11-20-15)22-12-18-8-5-13(6-9-18)7-10-18/h3-4,11,13,16,21H,5-10,12,19H2,1-2H3. The lowest BCUT2D eigenvalue weighted by molar-refractivity contribution is 0.0189. The van der Waals surface area contributed by atoms with E-state index in [-0.39, 0.29) is 0 Å². The van der Waals surface area contributed by atoms with Gasteiger partial charge in [-0.25, -0.2) is 0 Å². The predicted molar refractivity (Wildman–Crippen MR) is 86.6 cm³/mol. The lowest BCUT2D eigenvalue weighted by Crippen LogP contribution is -2.38. The van der Waals surface area contributed by atoms with E-state index in [1.165, 1.54) is 38.5 Å². The number of fused-ring (bicyclic) bond motifs is 3. The van der Waals surface area contributed by atoms with Gasteiger partial charge in [-0.2, -0.15) is 0 Å². The molecule has 3 aliphatic rings. The van der Waals surface area contributed by atoms with Gasteiger partial charge in [0.15, 0.2) is 0 Å². The van der Waals surface area contributed by atoms with Gasteiger partial charge in [-0.05, 0) is 70.4 Å². The minimum absolute atomic E-state index is 0.400. The Bertz CT molecular complexity index is 485. The van der Waals surface area contributed by atoms with E-state index in [0.29, 0.717) is 11.1 Å². The Balaban J connectivity index is 1.59. The minimum atomic E-state index is -0.977. The zero-order valence-corrected chi connectivity index (χ0v) is 13.7. The third-order valence-corrected chi connectivity index (χ3v) is 5.63. The van der Waals surface area contributed by atoms with Crippen LogP contribution in [-0.4, -0.2) is 22.3 Å². The van der Waals surface area contributed by atoms with E-state index in [1.807, 2.05) is 12.1 Å². The Labute approximate surface area is 133 Å². The van der Waals surface area contributed by atoms with Crippen LogP contribution in [0.1, 0.15) is 64.1 Å². The number of hydrogen-bond donors (Lipinski definition) is 2. The summed E-state index contributed by atoms with van der Waals surface area (Å²) in [6.07, 6.45) is 9.79. The molecule has 1 aromatic rings. The number of rotatable bonds is 5. The molecule has 2 bridgehead atoms. The van der Waals surface area contributed by atoms with Crippen LogP contribution in [0.15, 0.2) is 18.3 Å². The van der Waals surface area contributed by atoms with Crippen molar-refractivity contribution in [1.82, 2.24) is 4.98 Å². The number of nitrogens with two attached hydrogens (primary N) is 1. The molecule has 0 aromatic carbocycles. The number of hydrogen-bond acceptors (Lipinski definition) is 4. The monoisotopic (exact) mass is 304 g/mol. The van der Waals surface area contributed by atoms with Gasteiger partial charge in [-0.15, -0.1) is 0 Å². The van der Waals surface area contributed by atoms with Crippen molar-refractivity contribution in [2.45, 2.75) is 64.0 Å².